The zero-order valence-corrected chi connectivity index (χ0v) is 11.6. The lowest BCUT2D eigenvalue weighted by atomic mass is 10.2. The Morgan fingerprint density at radius 2 is 2.00 bits per heavy atom. The summed E-state index contributed by atoms with van der Waals surface area (Å²) in [5.41, 5.74) is 1.94. The van der Waals surface area contributed by atoms with Gasteiger partial charge in [-0.05, 0) is 36.8 Å². The lowest BCUT2D eigenvalue weighted by Crippen LogP contribution is -1.89. The number of aryl methyl sites for hydroxylation is 1. The van der Waals surface area contributed by atoms with Crippen molar-refractivity contribution in [1.82, 2.24) is 4.98 Å². The highest BCUT2D eigenvalue weighted by molar-refractivity contribution is 9.10. The summed E-state index contributed by atoms with van der Waals surface area (Å²) in [4.78, 5) is 4.11. The largest absolute Gasteiger partial charge is 0.457 e. The zero-order valence-electron chi connectivity index (χ0n) is 9.28. The highest BCUT2D eigenvalue weighted by atomic mass is 79.9. The quantitative estimate of drug-likeness (QED) is 0.767. The molecule has 0 unspecified atom stereocenters. The van der Waals surface area contributed by atoms with Crippen molar-refractivity contribution >= 4 is 27.5 Å². The smallest absolute Gasteiger partial charge is 0.130 e. The van der Waals surface area contributed by atoms with E-state index in [2.05, 4.69) is 20.9 Å². The first kappa shape index (κ1) is 12.4. The van der Waals surface area contributed by atoms with Gasteiger partial charge in [-0.3, -0.25) is 4.98 Å². The molecule has 0 spiro atoms. The van der Waals surface area contributed by atoms with E-state index in [1.165, 1.54) is 0 Å². The SMILES string of the molecule is Cc1cc(Oc2ccnc(CCl)c2)ccc1Br. The number of halogens is 2. The maximum Gasteiger partial charge on any atom is 0.130 e. The molecule has 2 aromatic rings. The Balaban J connectivity index is 2.22. The summed E-state index contributed by atoms with van der Waals surface area (Å²) in [6, 6.07) is 9.51. The van der Waals surface area contributed by atoms with Crippen molar-refractivity contribution in [1.29, 1.82) is 0 Å². The van der Waals surface area contributed by atoms with Crippen LogP contribution in [0.2, 0.25) is 0 Å². The van der Waals surface area contributed by atoms with E-state index in [4.69, 9.17) is 16.3 Å². The van der Waals surface area contributed by atoms with Gasteiger partial charge in [-0.25, -0.2) is 0 Å². The van der Waals surface area contributed by atoms with Gasteiger partial charge in [0.05, 0.1) is 11.6 Å². The number of benzene rings is 1. The molecule has 1 aromatic carbocycles. The molecule has 0 N–H and O–H groups in total. The van der Waals surface area contributed by atoms with Gasteiger partial charge in [0.1, 0.15) is 11.5 Å². The molecule has 0 saturated carbocycles. The summed E-state index contributed by atoms with van der Waals surface area (Å²) in [6.45, 7) is 2.02. The predicted molar refractivity (Wildman–Crippen MR) is 72.7 cm³/mol. The fourth-order valence-corrected chi connectivity index (χ4v) is 1.80. The molecule has 0 aliphatic heterocycles. The molecule has 0 fully saturated rings. The number of hydrogen-bond acceptors (Lipinski definition) is 2. The first-order valence-corrected chi connectivity index (χ1v) is 6.46. The molecule has 2 rings (SSSR count). The Morgan fingerprint density at radius 3 is 2.71 bits per heavy atom. The van der Waals surface area contributed by atoms with Crippen LogP contribution < -0.4 is 4.74 Å². The topological polar surface area (TPSA) is 22.1 Å². The van der Waals surface area contributed by atoms with Crippen molar-refractivity contribution in [2.24, 2.45) is 0 Å². The molecule has 0 aliphatic rings. The van der Waals surface area contributed by atoms with Gasteiger partial charge in [0, 0.05) is 16.7 Å². The van der Waals surface area contributed by atoms with E-state index in [-0.39, 0.29) is 0 Å². The van der Waals surface area contributed by atoms with Crippen LogP contribution in [0, 0.1) is 6.92 Å². The summed E-state index contributed by atoms with van der Waals surface area (Å²) in [5, 5.41) is 0. The predicted octanol–water partition coefficient (Wildman–Crippen LogP) is 4.68. The molecule has 2 nitrogen and oxygen atoms in total. The van der Waals surface area contributed by atoms with Gasteiger partial charge in [-0.15, -0.1) is 11.6 Å². The van der Waals surface area contributed by atoms with Crippen LogP contribution in [0.3, 0.4) is 0 Å². The van der Waals surface area contributed by atoms with Crippen molar-refractivity contribution in [3.05, 3.63) is 52.3 Å². The standard InChI is InChI=1S/C13H11BrClNO/c1-9-6-11(2-3-13(9)14)17-12-4-5-16-10(7-12)8-15/h2-7H,8H2,1H3. The molecular weight excluding hydrogens is 302 g/mol. The molecule has 1 heterocycles. The fraction of sp³-hybridized carbons (Fsp3) is 0.154. The van der Waals surface area contributed by atoms with Gasteiger partial charge < -0.3 is 4.74 Å². The van der Waals surface area contributed by atoms with Crippen LogP contribution >= 0.6 is 27.5 Å². The molecule has 0 atom stereocenters. The summed E-state index contributed by atoms with van der Waals surface area (Å²) in [7, 11) is 0. The first-order valence-electron chi connectivity index (χ1n) is 5.14. The van der Waals surface area contributed by atoms with Crippen molar-refractivity contribution in [2.45, 2.75) is 12.8 Å². The fourth-order valence-electron chi connectivity index (χ4n) is 1.41. The number of hydrogen-bond donors (Lipinski definition) is 0. The van der Waals surface area contributed by atoms with Gasteiger partial charge in [-0.1, -0.05) is 15.9 Å². The molecule has 17 heavy (non-hydrogen) atoms. The van der Waals surface area contributed by atoms with Crippen LogP contribution in [0.1, 0.15) is 11.3 Å². The third kappa shape index (κ3) is 3.20. The van der Waals surface area contributed by atoms with Crippen molar-refractivity contribution in [3.63, 3.8) is 0 Å². The van der Waals surface area contributed by atoms with E-state index in [9.17, 15) is 0 Å². The van der Waals surface area contributed by atoms with E-state index >= 15 is 0 Å². The van der Waals surface area contributed by atoms with Crippen LogP contribution in [0.15, 0.2) is 41.0 Å². The zero-order chi connectivity index (χ0) is 12.3. The van der Waals surface area contributed by atoms with E-state index in [1.54, 1.807) is 6.20 Å². The van der Waals surface area contributed by atoms with Gasteiger partial charge in [0.25, 0.3) is 0 Å². The monoisotopic (exact) mass is 311 g/mol. The third-order valence-electron chi connectivity index (χ3n) is 2.29. The highest BCUT2D eigenvalue weighted by Crippen LogP contribution is 2.26. The van der Waals surface area contributed by atoms with Crippen molar-refractivity contribution in [2.75, 3.05) is 0 Å². The average molecular weight is 313 g/mol. The minimum absolute atomic E-state index is 0.385. The average Bonchev–Trinajstić information content (AvgIpc) is 2.34. The Hall–Kier alpha value is -1.06. The van der Waals surface area contributed by atoms with Crippen molar-refractivity contribution < 1.29 is 4.74 Å². The molecule has 0 saturated heterocycles. The maximum atomic E-state index is 5.74. The van der Waals surface area contributed by atoms with Gasteiger partial charge >= 0.3 is 0 Å². The van der Waals surface area contributed by atoms with Gasteiger partial charge in [0.15, 0.2) is 0 Å². The summed E-state index contributed by atoms with van der Waals surface area (Å²) in [5.74, 6) is 1.94. The second-order valence-electron chi connectivity index (χ2n) is 3.63. The normalized spacial score (nSPS) is 10.3. The number of alkyl halides is 1. The minimum Gasteiger partial charge on any atom is -0.457 e. The summed E-state index contributed by atoms with van der Waals surface area (Å²) in [6.07, 6.45) is 1.69. The van der Waals surface area contributed by atoms with E-state index in [0.29, 0.717) is 5.88 Å². The van der Waals surface area contributed by atoms with Crippen LogP contribution in [-0.2, 0) is 5.88 Å². The lowest BCUT2D eigenvalue weighted by molar-refractivity contribution is 0.481. The second kappa shape index (κ2) is 5.52. The highest BCUT2D eigenvalue weighted by Gasteiger charge is 2.01. The van der Waals surface area contributed by atoms with E-state index < -0.39 is 0 Å². The van der Waals surface area contributed by atoms with Crippen LogP contribution in [0.25, 0.3) is 0 Å². The van der Waals surface area contributed by atoms with Gasteiger partial charge in [0.2, 0.25) is 0 Å². The lowest BCUT2D eigenvalue weighted by Gasteiger charge is -2.07. The van der Waals surface area contributed by atoms with Crippen LogP contribution in [-0.4, -0.2) is 4.98 Å². The van der Waals surface area contributed by atoms with Crippen LogP contribution in [0.5, 0.6) is 11.5 Å². The molecule has 1 aromatic heterocycles. The Kier molecular flexibility index (Phi) is 4.02. The molecule has 0 amide bonds. The number of pyridine rings is 1. The molecular formula is C13H11BrClNO. The first-order chi connectivity index (χ1) is 8.19. The molecule has 0 aliphatic carbocycles. The molecule has 88 valence electrons. The number of aromatic nitrogens is 1. The third-order valence-corrected chi connectivity index (χ3v) is 3.45. The summed E-state index contributed by atoms with van der Waals surface area (Å²) >= 11 is 9.18. The van der Waals surface area contributed by atoms with E-state index in [1.807, 2.05) is 37.3 Å². The minimum atomic E-state index is 0.385. The molecule has 4 heteroatoms. The van der Waals surface area contributed by atoms with Gasteiger partial charge in [-0.2, -0.15) is 0 Å². The Labute approximate surface area is 114 Å². The molecule has 0 bridgehead atoms. The number of ether oxygens (including phenoxy) is 1. The Morgan fingerprint density at radius 1 is 1.24 bits per heavy atom. The summed E-state index contributed by atoms with van der Waals surface area (Å²) < 4.78 is 6.81. The Bertz CT molecular complexity index is 531. The number of rotatable bonds is 3. The second-order valence-corrected chi connectivity index (χ2v) is 4.75. The molecule has 0 radical (unpaired) electrons. The number of nitrogens with zero attached hydrogens (tertiary/aromatic N) is 1. The van der Waals surface area contributed by atoms with Crippen molar-refractivity contribution in [3.8, 4) is 11.5 Å². The maximum absolute atomic E-state index is 5.74. The van der Waals surface area contributed by atoms with Crippen LogP contribution in [0.4, 0.5) is 0 Å². The van der Waals surface area contributed by atoms with E-state index in [0.717, 1.165) is 27.2 Å².